The quantitative estimate of drug-likeness (QED) is 0.655. The number of nitro benzene ring substituents is 1. The number of hydrogen-bond acceptors (Lipinski definition) is 5. The largest absolute Gasteiger partial charge is 0.370 e. The summed E-state index contributed by atoms with van der Waals surface area (Å²) in [5, 5.41) is 23.5. The molecule has 0 aliphatic carbocycles. The molecule has 2 heterocycles. The van der Waals surface area contributed by atoms with Crippen LogP contribution in [0, 0.1) is 21.4 Å². The molecular formula is C14H16N4O2. The van der Waals surface area contributed by atoms with Crippen molar-refractivity contribution < 1.29 is 4.92 Å². The number of rotatable bonds is 2. The van der Waals surface area contributed by atoms with E-state index in [1.54, 1.807) is 6.07 Å². The predicted octanol–water partition coefficient (Wildman–Crippen LogP) is 1.80. The fourth-order valence-corrected chi connectivity index (χ4v) is 3.14. The van der Waals surface area contributed by atoms with Gasteiger partial charge in [-0.05, 0) is 31.4 Å². The van der Waals surface area contributed by atoms with E-state index in [9.17, 15) is 10.1 Å². The summed E-state index contributed by atoms with van der Waals surface area (Å²) in [4.78, 5) is 12.7. The summed E-state index contributed by atoms with van der Waals surface area (Å²) in [7, 11) is 0. The molecule has 0 aromatic heterocycles. The minimum Gasteiger partial charge on any atom is -0.370 e. The van der Waals surface area contributed by atoms with Gasteiger partial charge < -0.3 is 10.2 Å². The molecule has 1 aromatic carbocycles. The van der Waals surface area contributed by atoms with Gasteiger partial charge in [0.05, 0.1) is 4.92 Å². The molecule has 6 nitrogen and oxygen atoms in total. The molecule has 0 saturated carbocycles. The Morgan fingerprint density at radius 3 is 2.90 bits per heavy atom. The molecule has 2 bridgehead atoms. The summed E-state index contributed by atoms with van der Waals surface area (Å²) in [6.07, 6.45) is 3.45. The van der Waals surface area contributed by atoms with Crippen molar-refractivity contribution in [1.29, 1.82) is 5.26 Å². The second-order valence-corrected chi connectivity index (χ2v) is 5.44. The molecule has 0 amide bonds. The van der Waals surface area contributed by atoms with E-state index in [1.165, 1.54) is 18.9 Å². The van der Waals surface area contributed by atoms with Crippen LogP contribution in [0.15, 0.2) is 18.2 Å². The third-order valence-corrected chi connectivity index (χ3v) is 4.19. The second kappa shape index (κ2) is 5.10. The van der Waals surface area contributed by atoms with Crippen molar-refractivity contribution in [2.45, 2.75) is 31.3 Å². The highest BCUT2D eigenvalue weighted by Gasteiger charge is 2.30. The number of benzene rings is 1. The Hall–Kier alpha value is -2.13. The smallest absolute Gasteiger partial charge is 0.289 e. The maximum Gasteiger partial charge on any atom is 0.289 e. The molecular weight excluding hydrogens is 256 g/mol. The van der Waals surface area contributed by atoms with Crippen LogP contribution >= 0.6 is 0 Å². The average Bonchev–Trinajstić information content (AvgIpc) is 2.77. The molecule has 6 heteroatoms. The molecule has 2 fully saturated rings. The molecule has 1 aromatic rings. The molecule has 20 heavy (non-hydrogen) atoms. The number of fused-ring (bicyclic) bond motifs is 2. The molecule has 2 atom stereocenters. The first-order chi connectivity index (χ1) is 9.67. The Kier molecular flexibility index (Phi) is 3.28. The zero-order valence-corrected chi connectivity index (χ0v) is 11.1. The predicted molar refractivity (Wildman–Crippen MR) is 74.6 cm³/mol. The molecule has 2 unspecified atom stereocenters. The lowest BCUT2D eigenvalue weighted by molar-refractivity contribution is -0.385. The lowest BCUT2D eigenvalue weighted by atomic mass is 10.1. The molecule has 3 rings (SSSR count). The zero-order chi connectivity index (χ0) is 14.1. The number of nitrogens with zero attached hydrogens (tertiary/aromatic N) is 3. The molecule has 2 aliphatic heterocycles. The van der Waals surface area contributed by atoms with Crippen molar-refractivity contribution in [3.63, 3.8) is 0 Å². The molecule has 2 aliphatic rings. The SMILES string of the molecule is N#Cc1ccc(N2CCC3CCC(C2)N3)cc1[N+](=O)[O-]. The van der Waals surface area contributed by atoms with Gasteiger partial charge in [-0.1, -0.05) is 0 Å². The first-order valence-corrected chi connectivity index (χ1v) is 6.87. The van der Waals surface area contributed by atoms with Crippen LogP contribution in [0.25, 0.3) is 0 Å². The van der Waals surface area contributed by atoms with Gasteiger partial charge in [0, 0.05) is 36.9 Å². The van der Waals surface area contributed by atoms with Gasteiger partial charge in [-0.15, -0.1) is 0 Å². The number of anilines is 1. The first-order valence-electron chi connectivity index (χ1n) is 6.87. The van der Waals surface area contributed by atoms with Crippen molar-refractivity contribution in [3.05, 3.63) is 33.9 Å². The van der Waals surface area contributed by atoms with Crippen LogP contribution in [-0.4, -0.2) is 30.1 Å². The third kappa shape index (κ3) is 2.32. The van der Waals surface area contributed by atoms with Crippen molar-refractivity contribution in [2.24, 2.45) is 0 Å². The molecule has 0 spiro atoms. The van der Waals surface area contributed by atoms with Crippen LogP contribution in [0.5, 0.6) is 0 Å². The van der Waals surface area contributed by atoms with Gasteiger partial charge in [0.25, 0.3) is 5.69 Å². The molecule has 2 saturated heterocycles. The van der Waals surface area contributed by atoms with Crippen LogP contribution in [0.4, 0.5) is 11.4 Å². The lowest BCUT2D eigenvalue weighted by Crippen LogP contribution is -2.35. The second-order valence-electron chi connectivity index (χ2n) is 5.44. The van der Waals surface area contributed by atoms with Crippen molar-refractivity contribution in [3.8, 4) is 6.07 Å². The minimum atomic E-state index is -0.482. The third-order valence-electron chi connectivity index (χ3n) is 4.19. The van der Waals surface area contributed by atoms with E-state index in [1.807, 2.05) is 12.1 Å². The van der Waals surface area contributed by atoms with E-state index in [4.69, 9.17) is 5.26 Å². The van der Waals surface area contributed by atoms with Crippen molar-refractivity contribution in [2.75, 3.05) is 18.0 Å². The first kappa shape index (κ1) is 12.9. The summed E-state index contributed by atoms with van der Waals surface area (Å²) < 4.78 is 0. The van der Waals surface area contributed by atoms with Gasteiger partial charge in [0.1, 0.15) is 11.6 Å². The standard InChI is InChI=1S/C14H16N4O2/c15-8-10-1-4-13(7-14(10)18(19)20)17-6-5-11-2-3-12(9-17)16-11/h1,4,7,11-12,16H,2-3,5-6,9H2. The topological polar surface area (TPSA) is 82.2 Å². The van der Waals surface area contributed by atoms with Crippen LogP contribution in [0.2, 0.25) is 0 Å². The van der Waals surface area contributed by atoms with E-state index in [2.05, 4.69) is 10.2 Å². The summed E-state index contributed by atoms with van der Waals surface area (Å²) >= 11 is 0. The Morgan fingerprint density at radius 1 is 1.35 bits per heavy atom. The van der Waals surface area contributed by atoms with Crippen LogP contribution in [0.1, 0.15) is 24.8 Å². The minimum absolute atomic E-state index is 0.104. The van der Waals surface area contributed by atoms with E-state index in [0.29, 0.717) is 12.1 Å². The van der Waals surface area contributed by atoms with Gasteiger partial charge in [-0.25, -0.2) is 0 Å². The summed E-state index contributed by atoms with van der Waals surface area (Å²) in [5.74, 6) is 0. The highest BCUT2D eigenvalue weighted by Crippen LogP contribution is 2.28. The van der Waals surface area contributed by atoms with Crippen molar-refractivity contribution in [1.82, 2.24) is 5.32 Å². The highest BCUT2D eigenvalue weighted by molar-refractivity contribution is 5.60. The fraction of sp³-hybridized carbons (Fsp3) is 0.500. The highest BCUT2D eigenvalue weighted by atomic mass is 16.6. The summed E-state index contributed by atoms with van der Waals surface area (Å²) in [5.41, 5.74) is 0.852. The Bertz CT molecular complexity index is 581. The van der Waals surface area contributed by atoms with Crippen LogP contribution in [-0.2, 0) is 0 Å². The Morgan fingerprint density at radius 2 is 2.15 bits per heavy atom. The van der Waals surface area contributed by atoms with Gasteiger partial charge in [-0.2, -0.15) is 5.26 Å². The maximum absolute atomic E-state index is 11.0. The van der Waals surface area contributed by atoms with Crippen LogP contribution < -0.4 is 10.2 Å². The molecule has 0 radical (unpaired) electrons. The van der Waals surface area contributed by atoms with Crippen LogP contribution in [0.3, 0.4) is 0 Å². The van der Waals surface area contributed by atoms with Gasteiger partial charge in [0.2, 0.25) is 0 Å². The van der Waals surface area contributed by atoms with Gasteiger partial charge in [0.15, 0.2) is 0 Å². The summed E-state index contributed by atoms with van der Waals surface area (Å²) in [6, 6.07) is 7.81. The number of hydrogen-bond donors (Lipinski definition) is 1. The number of nitrogens with one attached hydrogen (secondary N) is 1. The fourth-order valence-electron chi connectivity index (χ4n) is 3.14. The van der Waals surface area contributed by atoms with E-state index < -0.39 is 4.92 Å². The zero-order valence-electron chi connectivity index (χ0n) is 11.1. The average molecular weight is 272 g/mol. The Balaban J connectivity index is 1.88. The monoisotopic (exact) mass is 272 g/mol. The van der Waals surface area contributed by atoms with Crippen molar-refractivity contribution >= 4 is 11.4 Å². The van der Waals surface area contributed by atoms with E-state index >= 15 is 0 Å². The van der Waals surface area contributed by atoms with Gasteiger partial charge >= 0.3 is 0 Å². The maximum atomic E-state index is 11.0. The normalized spacial score (nSPS) is 25.1. The Labute approximate surface area is 117 Å². The van der Waals surface area contributed by atoms with Gasteiger partial charge in [-0.3, -0.25) is 10.1 Å². The van der Waals surface area contributed by atoms with E-state index in [0.717, 1.165) is 25.2 Å². The van der Waals surface area contributed by atoms with E-state index in [-0.39, 0.29) is 11.3 Å². The lowest BCUT2D eigenvalue weighted by Gasteiger charge is -2.26. The number of nitro groups is 1. The molecule has 1 N–H and O–H groups in total. The number of nitriles is 1. The molecule has 104 valence electrons. The summed E-state index contributed by atoms with van der Waals surface area (Å²) in [6.45, 7) is 1.77.